The van der Waals surface area contributed by atoms with Crippen molar-refractivity contribution in [1.82, 2.24) is 0 Å². The van der Waals surface area contributed by atoms with E-state index in [-0.39, 0.29) is 0 Å². The van der Waals surface area contributed by atoms with Crippen molar-refractivity contribution in [2.45, 2.75) is 26.2 Å². The van der Waals surface area contributed by atoms with Gasteiger partial charge in [0.2, 0.25) is 0 Å². The van der Waals surface area contributed by atoms with Gasteiger partial charge < -0.3 is 10.1 Å². The molecule has 0 amide bonds. The maximum Gasteiger partial charge on any atom is 0.120 e. The van der Waals surface area contributed by atoms with Crippen LogP contribution in [0.1, 0.15) is 25.3 Å². The first-order valence-corrected chi connectivity index (χ1v) is 7.30. The molecule has 3 heteroatoms. The van der Waals surface area contributed by atoms with E-state index < -0.39 is 0 Å². The molecule has 0 fully saturated rings. The fraction of sp³-hybridized carbons (Fsp3) is 0.294. The van der Waals surface area contributed by atoms with Gasteiger partial charge in [0, 0.05) is 11.8 Å². The zero-order chi connectivity index (χ0) is 14.4. The predicted molar refractivity (Wildman–Crippen MR) is 86.3 cm³/mol. The number of methoxy groups -OCH3 is 1. The molecule has 20 heavy (non-hydrogen) atoms. The second-order valence-electron chi connectivity index (χ2n) is 4.77. The van der Waals surface area contributed by atoms with E-state index in [1.165, 1.54) is 18.4 Å². The zero-order valence-corrected chi connectivity index (χ0v) is 12.7. The van der Waals surface area contributed by atoms with Gasteiger partial charge in [-0.25, -0.2) is 0 Å². The average Bonchev–Trinajstić information content (AvgIpc) is 2.48. The van der Waals surface area contributed by atoms with E-state index in [9.17, 15) is 0 Å². The summed E-state index contributed by atoms with van der Waals surface area (Å²) in [6.45, 7) is 2.21. The zero-order valence-electron chi connectivity index (χ0n) is 11.9. The van der Waals surface area contributed by atoms with Crippen LogP contribution in [0.2, 0.25) is 5.02 Å². The standard InChI is InChI=1S/C17H20ClNO/c1-3-4-5-13-6-8-14(9-7-13)19-17-11-10-15(20-2)12-16(17)18/h6-12,19H,3-5H2,1-2H3. The Morgan fingerprint density at radius 2 is 1.85 bits per heavy atom. The summed E-state index contributed by atoms with van der Waals surface area (Å²) in [6, 6.07) is 14.1. The van der Waals surface area contributed by atoms with Gasteiger partial charge in [-0.2, -0.15) is 0 Å². The Kier molecular flexibility index (Phi) is 5.31. The quantitative estimate of drug-likeness (QED) is 0.765. The highest BCUT2D eigenvalue weighted by Crippen LogP contribution is 2.29. The van der Waals surface area contributed by atoms with Crippen LogP contribution < -0.4 is 10.1 Å². The van der Waals surface area contributed by atoms with E-state index in [2.05, 4.69) is 36.5 Å². The Labute approximate surface area is 125 Å². The largest absolute Gasteiger partial charge is 0.497 e. The number of hydrogen-bond donors (Lipinski definition) is 1. The van der Waals surface area contributed by atoms with Crippen LogP contribution in [-0.4, -0.2) is 7.11 Å². The number of anilines is 2. The summed E-state index contributed by atoms with van der Waals surface area (Å²) in [4.78, 5) is 0. The molecule has 1 N–H and O–H groups in total. The van der Waals surface area contributed by atoms with Crippen LogP contribution in [0.15, 0.2) is 42.5 Å². The summed E-state index contributed by atoms with van der Waals surface area (Å²) in [5.41, 5.74) is 3.30. The van der Waals surface area contributed by atoms with Gasteiger partial charge in [0.1, 0.15) is 5.75 Å². The van der Waals surface area contributed by atoms with E-state index in [0.717, 1.165) is 23.5 Å². The Bertz CT molecular complexity index is 551. The van der Waals surface area contributed by atoms with Crippen LogP contribution in [0.5, 0.6) is 5.75 Å². The SMILES string of the molecule is CCCCc1ccc(Nc2ccc(OC)cc2Cl)cc1. The van der Waals surface area contributed by atoms with Crippen molar-refractivity contribution in [1.29, 1.82) is 0 Å². The lowest BCUT2D eigenvalue weighted by Crippen LogP contribution is -1.93. The topological polar surface area (TPSA) is 21.3 Å². The van der Waals surface area contributed by atoms with Crippen molar-refractivity contribution in [3.63, 3.8) is 0 Å². The van der Waals surface area contributed by atoms with Gasteiger partial charge in [-0.1, -0.05) is 37.1 Å². The molecule has 0 saturated heterocycles. The summed E-state index contributed by atoms with van der Waals surface area (Å²) in [5, 5.41) is 3.97. The van der Waals surface area contributed by atoms with Gasteiger partial charge in [0.05, 0.1) is 17.8 Å². The van der Waals surface area contributed by atoms with Crippen LogP contribution in [0.4, 0.5) is 11.4 Å². The van der Waals surface area contributed by atoms with Gasteiger partial charge in [-0.05, 0) is 42.7 Å². The van der Waals surface area contributed by atoms with Crippen molar-refractivity contribution in [3.05, 3.63) is 53.1 Å². The number of unbranched alkanes of at least 4 members (excludes halogenated alkanes) is 1. The maximum absolute atomic E-state index is 6.22. The third kappa shape index (κ3) is 3.91. The predicted octanol–water partition coefficient (Wildman–Crippen LogP) is 5.43. The first-order valence-electron chi connectivity index (χ1n) is 6.92. The Balaban J connectivity index is 2.06. The van der Waals surface area contributed by atoms with Crippen molar-refractivity contribution in [3.8, 4) is 5.75 Å². The van der Waals surface area contributed by atoms with Crippen LogP contribution in [0, 0.1) is 0 Å². The highest BCUT2D eigenvalue weighted by Gasteiger charge is 2.03. The molecule has 0 heterocycles. The molecular weight excluding hydrogens is 270 g/mol. The van der Waals surface area contributed by atoms with Gasteiger partial charge in [-0.3, -0.25) is 0 Å². The lowest BCUT2D eigenvalue weighted by atomic mass is 10.1. The molecule has 106 valence electrons. The molecule has 0 saturated carbocycles. The molecule has 2 aromatic rings. The third-order valence-electron chi connectivity index (χ3n) is 3.23. The van der Waals surface area contributed by atoms with Crippen molar-refractivity contribution in [2.24, 2.45) is 0 Å². The lowest BCUT2D eigenvalue weighted by Gasteiger charge is -2.10. The van der Waals surface area contributed by atoms with Gasteiger partial charge >= 0.3 is 0 Å². The summed E-state index contributed by atoms with van der Waals surface area (Å²) < 4.78 is 5.14. The molecular formula is C17H20ClNO. The molecule has 0 aromatic heterocycles. The van der Waals surface area contributed by atoms with E-state index in [1.807, 2.05) is 12.1 Å². The minimum Gasteiger partial charge on any atom is -0.497 e. The molecule has 0 atom stereocenters. The molecule has 0 aliphatic heterocycles. The smallest absolute Gasteiger partial charge is 0.120 e. The third-order valence-corrected chi connectivity index (χ3v) is 3.54. The van der Waals surface area contributed by atoms with Crippen LogP contribution in [-0.2, 0) is 6.42 Å². The molecule has 2 nitrogen and oxygen atoms in total. The average molecular weight is 290 g/mol. The minimum atomic E-state index is 0.652. The molecule has 0 aliphatic carbocycles. The normalized spacial score (nSPS) is 10.3. The number of hydrogen-bond acceptors (Lipinski definition) is 2. The molecule has 0 unspecified atom stereocenters. The van der Waals surface area contributed by atoms with Gasteiger partial charge in [0.15, 0.2) is 0 Å². The molecule has 2 aromatic carbocycles. The molecule has 0 radical (unpaired) electrons. The first kappa shape index (κ1) is 14.7. The molecule has 2 rings (SSSR count). The number of ether oxygens (including phenoxy) is 1. The lowest BCUT2D eigenvalue weighted by molar-refractivity contribution is 0.415. The monoisotopic (exact) mass is 289 g/mol. The number of benzene rings is 2. The Hall–Kier alpha value is -1.67. The van der Waals surface area contributed by atoms with Crippen LogP contribution in [0.3, 0.4) is 0 Å². The molecule has 0 spiro atoms. The minimum absolute atomic E-state index is 0.652. The van der Waals surface area contributed by atoms with E-state index in [4.69, 9.17) is 16.3 Å². The molecule has 0 aliphatic rings. The summed E-state index contributed by atoms with van der Waals surface area (Å²) in [5.74, 6) is 0.760. The van der Waals surface area contributed by atoms with Gasteiger partial charge in [-0.15, -0.1) is 0 Å². The summed E-state index contributed by atoms with van der Waals surface area (Å²) in [6.07, 6.45) is 3.60. The highest BCUT2D eigenvalue weighted by molar-refractivity contribution is 6.33. The highest BCUT2D eigenvalue weighted by atomic mass is 35.5. The second kappa shape index (κ2) is 7.20. The van der Waals surface area contributed by atoms with Crippen molar-refractivity contribution < 1.29 is 4.74 Å². The number of nitrogens with one attached hydrogen (secondary N) is 1. The van der Waals surface area contributed by atoms with Gasteiger partial charge in [0.25, 0.3) is 0 Å². The van der Waals surface area contributed by atoms with E-state index >= 15 is 0 Å². The Morgan fingerprint density at radius 1 is 1.10 bits per heavy atom. The number of halogens is 1. The van der Waals surface area contributed by atoms with E-state index in [1.54, 1.807) is 13.2 Å². The fourth-order valence-corrected chi connectivity index (χ4v) is 2.23. The summed E-state index contributed by atoms with van der Waals surface area (Å²) >= 11 is 6.22. The molecule has 0 bridgehead atoms. The first-order chi connectivity index (χ1) is 9.72. The van der Waals surface area contributed by atoms with Crippen molar-refractivity contribution >= 4 is 23.0 Å². The Morgan fingerprint density at radius 3 is 2.45 bits per heavy atom. The number of aryl methyl sites for hydroxylation is 1. The fourth-order valence-electron chi connectivity index (χ4n) is 2.02. The maximum atomic E-state index is 6.22. The van der Waals surface area contributed by atoms with E-state index in [0.29, 0.717) is 5.02 Å². The number of rotatable bonds is 6. The van der Waals surface area contributed by atoms with Crippen molar-refractivity contribution in [2.75, 3.05) is 12.4 Å². The van der Waals surface area contributed by atoms with Crippen LogP contribution >= 0.6 is 11.6 Å². The van der Waals surface area contributed by atoms with Crippen LogP contribution in [0.25, 0.3) is 0 Å². The summed E-state index contributed by atoms with van der Waals surface area (Å²) in [7, 11) is 1.63. The second-order valence-corrected chi connectivity index (χ2v) is 5.18.